The summed E-state index contributed by atoms with van der Waals surface area (Å²) in [5.74, 6) is 1.24. The van der Waals surface area contributed by atoms with Gasteiger partial charge in [0.1, 0.15) is 0 Å². The third-order valence-corrected chi connectivity index (χ3v) is 9.38. The van der Waals surface area contributed by atoms with Crippen molar-refractivity contribution in [2.75, 3.05) is 0 Å². The van der Waals surface area contributed by atoms with Gasteiger partial charge in [-0.2, -0.15) is 0 Å². The molecule has 2 unspecified atom stereocenters. The van der Waals surface area contributed by atoms with Gasteiger partial charge in [0.15, 0.2) is 5.16 Å². The second kappa shape index (κ2) is 8.33. The standard InChI is InChI=1S/C23H26OP2/c1-18(21-16-11-17-22(21)26(24)23(2,3)4)25(19-12-7-5-8-13-19)20-14-9-6-10-15-20/h5-18H,1-4H3/q+1. The third kappa shape index (κ3) is 4.27. The van der Waals surface area contributed by atoms with Crippen LogP contribution in [-0.4, -0.2) is 10.8 Å². The van der Waals surface area contributed by atoms with E-state index in [4.69, 9.17) is 0 Å². The van der Waals surface area contributed by atoms with Gasteiger partial charge >= 0.3 is 7.80 Å². The predicted octanol–water partition coefficient (Wildman–Crippen LogP) is 5.87. The van der Waals surface area contributed by atoms with Crippen LogP contribution in [0.3, 0.4) is 0 Å². The summed E-state index contributed by atoms with van der Waals surface area (Å²) >= 11 is 0. The smallest absolute Gasteiger partial charge is 0.0733 e. The Morgan fingerprint density at radius 1 is 0.846 bits per heavy atom. The molecule has 26 heavy (non-hydrogen) atoms. The summed E-state index contributed by atoms with van der Waals surface area (Å²) < 4.78 is 13.1. The Morgan fingerprint density at radius 3 is 1.81 bits per heavy atom. The average molecular weight is 380 g/mol. The Bertz CT molecular complexity index is 681. The van der Waals surface area contributed by atoms with Gasteiger partial charge in [0.2, 0.25) is 5.66 Å². The maximum Gasteiger partial charge on any atom is 0.356 e. The van der Waals surface area contributed by atoms with Gasteiger partial charge in [-0.15, -0.1) is 0 Å². The van der Waals surface area contributed by atoms with Crippen LogP contribution in [0.1, 0.15) is 27.7 Å². The van der Waals surface area contributed by atoms with Crippen molar-refractivity contribution in [2.24, 2.45) is 0 Å². The van der Waals surface area contributed by atoms with Crippen molar-refractivity contribution >= 4 is 26.3 Å². The van der Waals surface area contributed by atoms with Crippen molar-refractivity contribution in [1.82, 2.24) is 0 Å². The lowest BCUT2D eigenvalue weighted by Gasteiger charge is -2.30. The molecular weight excluding hydrogens is 354 g/mol. The van der Waals surface area contributed by atoms with Gasteiger partial charge in [-0.1, -0.05) is 72.2 Å². The summed E-state index contributed by atoms with van der Waals surface area (Å²) in [6.45, 7) is 8.47. The number of hydrogen-bond acceptors (Lipinski definition) is 1. The first kappa shape index (κ1) is 19.7. The molecule has 2 atom stereocenters. The molecule has 2 aromatic carbocycles. The monoisotopic (exact) mass is 380 g/mol. The fourth-order valence-corrected chi connectivity index (χ4v) is 7.47. The van der Waals surface area contributed by atoms with E-state index < -0.39 is 15.7 Å². The van der Waals surface area contributed by atoms with Crippen LogP contribution < -0.4 is 10.6 Å². The molecule has 1 aliphatic rings. The SMILES string of the molecule is CC([C]1[CH][CH][CH][C]1[P+](=O)C(C)(C)C)P(c1ccccc1)c1ccccc1. The molecule has 5 radical (unpaired) electrons. The summed E-state index contributed by atoms with van der Waals surface area (Å²) in [5, 5.41) is 2.50. The molecule has 1 saturated carbocycles. The first-order chi connectivity index (χ1) is 12.4. The van der Waals surface area contributed by atoms with Gasteiger partial charge in [0, 0.05) is 12.3 Å². The molecule has 1 nitrogen and oxygen atoms in total. The Balaban J connectivity index is 1.95. The van der Waals surface area contributed by atoms with Crippen LogP contribution in [0, 0.1) is 30.8 Å². The van der Waals surface area contributed by atoms with Crippen molar-refractivity contribution in [1.29, 1.82) is 0 Å². The number of hydrogen-bond donors (Lipinski definition) is 0. The van der Waals surface area contributed by atoms with Crippen molar-refractivity contribution in [3.8, 4) is 0 Å². The highest BCUT2D eigenvalue weighted by Crippen LogP contribution is 2.61. The molecule has 133 valence electrons. The van der Waals surface area contributed by atoms with Gasteiger partial charge in [0.25, 0.3) is 0 Å². The lowest BCUT2D eigenvalue weighted by molar-refractivity contribution is 0.566. The number of rotatable bonds is 5. The van der Waals surface area contributed by atoms with Crippen LogP contribution in [0.25, 0.3) is 0 Å². The first-order valence-corrected chi connectivity index (χ1v) is 11.7. The normalized spacial score (nSPS) is 18.3. The molecule has 0 spiro atoms. The van der Waals surface area contributed by atoms with Crippen molar-refractivity contribution < 1.29 is 4.57 Å². The zero-order valence-corrected chi connectivity index (χ0v) is 17.7. The summed E-state index contributed by atoms with van der Waals surface area (Å²) in [7, 11) is -2.00. The topological polar surface area (TPSA) is 17.1 Å². The van der Waals surface area contributed by atoms with E-state index >= 15 is 0 Å². The van der Waals surface area contributed by atoms with Gasteiger partial charge in [-0.05, 0) is 57.8 Å². The highest BCUT2D eigenvalue weighted by atomic mass is 31.1. The maximum absolute atomic E-state index is 13.1. The molecule has 0 N–H and O–H groups in total. The van der Waals surface area contributed by atoms with Crippen LogP contribution in [0.2, 0.25) is 0 Å². The highest BCUT2D eigenvalue weighted by molar-refractivity contribution is 7.73. The summed E-state index contributed by atoms with van der Waals surface area (Å²) in [6.07, 6.45) is 6.28. The van der Waals surface area contributed by atoms with E-state index in [1.807, 2.05) is 0 Å². The van der Waals surface area contributed by atoms with Gasteiger partial charge in [0.05, 0.1) is 0 Å². The van der Waals surface area contributed by atoms with E-state index in [9.17, 15) is 4.57 Å². The van der Waals surface area contributed by atoms with Crippen molar-refractivity contribution in [2.45, 2.75) is 38.5 Å². The van der Waals surface area contributed by atoms with Crippen LogP contribution >= 0.6 is 15.7 Å². The van der Waals surface area contributed by atoms with Crippen LogP contribution in [0.5, 0.6) is 0 Å². The van der Waals surface area contributed by atoms with Crippen molar-refractivity contribution in [3.05, 3.63) is 91.5 Å². The summed E-state index contributed by atoms with van der Waals surface area (Å²) in [6, 6.07) is 21.5. The molecular formula is C23H26OP2+. The zero-order chi connectivity index (χ0) is 18.7. The minimum absolute atomic E-state index is 0.222. The van der Waals surface area contributed by atoms with E-state index in [2.05, 4.69) is 108 Å². The highest BCUT2D eigenvalue weighted by Gasteiger charge is 2.53. The second-order valence-corrected chi connectivity index (χ2v) is 12.5. The minimum atomic E-state index is -1.44. The fraction of sp³-hybridized carbons (Fsp3) is 0.261. The fourth-order valence-electron chi connectivity index (χ4n) is 3.24. The van der Waals surface area contributed by atoms with Crippen molar-refractivity contribution in [3.63, 3.8) is 0 Å². The predicted molar refractivity (Wildman–Crippen MR) is 115 cm³/mol. The van der Waals surface area contributed by atoms with E-state index in [1.165, 1.54) is 16.5 Å². The second-order valence-electron chi connectivity index (χ2n) is 7.55. The molecule has 2 aromatic rings. The lowest BCUT2D eigenvalue weighted by atomic mass is 10.0. The molecule has 1 aliphatic carbocycles. The van der Waals surface area contributed by atoms with Crippen LogP contribution in [0.4, 0.5) is 0 Å². The van der Waals surface area contributed by atoms with E-state index in [1.54, 1.807) is 0 Å². The largest absolute Gasteiger partial charge is 0.356 e. The number of benzene rings is 2. The van der Waals surface area contributed by atoms with E-state index in [0.29, 0.717) is 5.66 Å². The molecule has 0 heterocycles. The summed E-state index contributed by atoms with van der Waals surface area (Å²) in [4.78, 5) is 0. The Morgan fingerprint density at radius 2 is 1.35 bits per heavy atom. The quantitative estimate of drug-likeness (QED) is 0.593. The Kier molecular flexibility index (Phi) is 6.32. The molecule has 0 aliphatic heterocycles. The first-order valence-electron chi connectivity index (χ1n) is 9.02. The third-order valence-electron chi connectivity index (χ3n) is 4.56. The molecule has 1 fully saturated rings. The summed E-state index contributed by atoms with van der Waals surface area (Å²) in [5.41, 5.74) is 1.33. The van der Waals surface area contributed by atoms with Gasteiger partial charge in [-0.25, -0.2) is 0 Å². The average Bonchev–Trinajstić information content (AvgIpc) is 3.12. The minimum Gasteiger partial charge on any atom is -0.0733 e. The van der Waals surface area contributed by atoms with Gasteiger partial charge < -0.3 is 0 Å². The molecule has 0 amide bonds. The van der Waals surface area contributed by atoms with Crippen LogP contribution in [0.15, 0.2) is 60.7 Å². The van der Waals surface area contributed by atoms with Gasteiger partial charge in [-0.3, -0.25) is 0 Å². The molecule has 0 bridgehead atoms. The lowest BCUT2D eigenvalue weighted by Crippen LogP contribution is -2.27. The molecule has 3 heteroatoms. The Hall–Kier alpha value is -1.03. The Labute approximate surface area is 161 Å². The maximum atomic E-state index is 13.1. The molecule has 3 rings (SSSR count). The van der Waals surface area contributed by atoms with Crippen LogP contribution in [-0.2, 0) is 4.57 Å². The van der Waals surface area contributed by atoms with E-state index in [-0.39, 0.29) is 5.16 Å². The molecule has 0 aromatic heterocycles. The van der Waals surface area contributed by atoms with E-state index in [0.717, 1.165) is 5.66 Å². The molecule has 0 saturated heterocycles. The zero-order valence-electron chi connectivity index (χ0n) is 15.9.